The van der Waals surface area contributed by atoms with Crippen LogP contribution in [0.2, 0.25) is 0 Å². The van der Waals surface area contributed by atoms with Crippen molar-refractivity contribution < 1.29 is 32.6 Å². The highest BCUT2D eigenvalue weighted by Gasteiger charge is 2.30. The number of carbonyl (C=O) groups excluding carboxylic acids is 1. The van der Waals surface area contributed by atoms with E-state index < -0.39 is 30.9 Å². The van der Waals surface area contributed by atoms with Crippen molar-refractivity contribution in [2.45, 2.75) is 19.1 Å². The zero-order chi connectivity index (χ0) is 11.4. The van der Waals surface area contributed by atoms with Gasteiger partial charge in [0.2, 0.25) is 0 Å². The van der Waals surface area contributed by atoms with Crippen LogP contribution in [0.5, 0.6) is 0 Å². The summed E-state index contributed by atoms with van der Waals surface area (Å²) < 4.78 is 38.2. The molecule has 82 valence electrons. The van der Waals surface area contributed by atoms with Crippen molar-refractivity contribution in [1.29, 1.82) is 0 Å². The number of hydrogen-bond acceptors (Lipinski definition) is 3. The molecule has 0 unspecified atom stereocenters. The summed E-state index contributed by atoms with van der Waals surface area (Å²) in [4.78, 5) is 20.7. The van der Waals surface area contributed by atoms with Gasteiger partial charge in [-0.25, -0.2) is 4.79 Å². The first kappa shape index (κ1) is 12.5. The summed E-state index contributed by atoms with van der Waals surface area (Å²) in [6.45, 7) is -0.650. The van der Waals surface area contributed by atoms with Crippen LogP contribution in [-0.2, 0) is 9.53 Å². The number of carboxylic acid groups (broad SMARTS) is 1. The Bertz CT molecular complexity index is 228. The summed E-state index contributed by atoms with van der Waals surface area (Å²) >= 11 is 0. The Morgan fingerprint density at radius 1 is 1.50 bits per heavy atom. The third kappa shape index (κ3) is 6.09. The molecule has 0 aliphatic heterocycles. The molecule has 1 atom stereocenters. The first-order chi connectivity index (χ1) is 6.22. The lowest BCUT2D eigenvalue weighted by Crippen LogP contribution is -2.39. The molecule has 5 nitrogen and oxygen atoms in total. The smallest absolute Gasteiger partial charge is 0.422 e. The van der Waals surface area contributed by atoms with Crippen molar-refractivity contribution in [3.63, 3.8) is 0 Å². The van der Waals surface area contributed by atoms with Gasteiger partial charge in [0.05, 0.1) is 0 Å². The van der Waals surface area contributed by atoms with E-state index in [1.165, 1.54) is 0 Å². The normalized spacial score (nSPS) is 13.1. The molecule has 2 N–H and O–H groups in total. The monoisotopic (exact) mass is 215 g/mol. The van der Waals surface area contributed by atoms with Gasteiger partial charge >= 0.3 is 18.2 Å². The van der Waals surface area contributed by atoms with Gasteiger partial charge < -0.3 is 15.2 Å². The molecule has 0 spiro atoms. The Morgan fingerprint density at radius 3 is 2.36 bits per heavy atom. The second kappa shape index (κ2) is 4.68. The maximum absolute atomic E-state index is 11.5. The van der Waals surface area contributed by atoms with E-state index >= 15 is 0 Å². The first-order valence-electron chi connectivity index (χ1n) is 3.45. The van der Waals surface area contributed by atoms with Gasteiger partial charge in [0.15, 0.2) is 6.61 Å². The van der Waals surface area contributed by atoms with Gasteiger partial charge in [-0.1, -0.05) is 0 Å². The maximum Gasteiger partial charge on any atom is 0.422 e. The SMILES string of the molecule is C[C@@H](NC(=O)OCC(F)(F)F)C(=O)O. The molecule has 0 aliphatic carbocycles. The second-order valence-corrected chi connectivity index (χ2v) is 2.40. The lowest BCUT2D eigenvalue weighted by Gasteiger charge is -2.11. The maximum atomic E-state index is 11.5. The topological polar surface area (TPSA) is 75.6 Å². The van der Waals surface area contributed by atoms with Crippen molar-refractivity contribution in [3.05, 3.63) is 0 Å². The minimum atomic E-state index is -4.62. The molecule has 0 radical (unpaired) electrons. The number of ether oxygens (including phenoxy) is 1. The van der Waals surface area contributed by atoms with Crippen molar-refractivity contribution in [2.24, 2.45) is 0 Å². The highest BCUT2D eigenvalue weighted by atomic mass is 19.4. The highest BCUT2D eigenvalue weighted by molar-refractivity contribution is 5.79. The average molecular weight is 215 g/mol. The van der Waals surface area contributed by atoms with E-state index in [1.807, 2.05) is 0 Å². The molecular weight excluding hydrogens is 207 g/mol. The number of amides is 1. The van der Waals surface area contributed by atoms with Gasteiger partial charge in [0.25, 0.3) is 0 Å². The fourth-order valence-electron chi connectivity index (χ4n) is 0.428. The minimum absolute atomic E-state index is 1.09. The zero-order valence-corrected chi connectivity index (χ0v) is 7.09. The third-order valence-corrected chi connectivity index (χ3v) is 1.07. The summed E-state index contributed by atoms with van der Waals surface area (Å²) in [5, 5.41) is 9.96. The molecule has 0 rings (SSSR count). The average Bonchev–Trinajstić information content (AvgIpc) is 1.99. The van der Waals surface area contributed by atoms with Crippen LogP contribution in [0.3, 0.4) is 0 Å². The van der Waals surface area contributed by atoms with Crippen molar-refractivity contribution in [3.8, 4) is 0 Å². The fourth-order valence-corrected chi connectivity index (χ4v) is 0.428. The molecular formula is C6H8F3NO4. The van der Waals surface area contributed by atoms with E-state index in [0.717, 1.165) is 6.92 Å². The van der Waals surface area contributed by atoms with E-state index in [9.17, 15) is 22.8 Å². The number of carboxylic acids is 1. The number of rotatable bonds is 3. The van der Waals surface area contributed by atoms with Crippen LogP contribution in [-0.4, -0.2) is 36.0 Å². The third-order valence-electron chi connectivity index (χ3n) is 1.07. The molecule has 0 aromatic carbocycles. The van der Waals surface area contributed by atoms with Crippen LogP contribution in [0.25, 0.3) is 0 Å². The van der Waals surface area contributed by atoms with Gasteiger partial charge in [0, 0.05) is 0 Å². The van der Waals surface area contributed by atoms with E-state index in [2.05, 4.69) is 4.74 Å². The Morgan fingerprint density at radius 2 is 2.00 bits per heavy atom. The van der Waals surface area contributed by atoms with Gasteiger partial charge in [-0.15, -0.1) is 0 Å². The van der Waals surface area contributed by atoms with E-state index in [1.54, 1.807) is 5.32 Å². The fraction of sp³-hybridized carbons (Fsp3) is 0.667. The van der Waals surface area contributed by atoms with E-state index in [0.29, 0.717) is 0 Å². The molecule has 1 amide bonds. The first-order valence-corrected chi connectivity index (χ1v) is 3.45. The summed E-state index contributed by atoms with van der Waals surface area (Å²) in [7, 11) is 0. The number of carbonyl (C=O) groups is 2. The zero-order valence-electron chi connectivity index (χ0n) is 7.09. The Hall–Kier alpha value is -1.47. The molecule has 0 saturated heterocycles. The van der Waals surface area contributed by atoms with Crippen LogP contribution in [0, 0.1) is 0 Å². The molecule has 0 saturated carbocycles. The summed E-state index contributed by atoms with van der Waals surface area (Å²) in [5.41, 5.74) is 0. The number of alkyl carbamates (subject to hydrolysis) is 1. The largest absolute Gasteiger partial charge is 0.480 e. The van der Waals surface area contributed by atoms with E-state index in [-0.39, 0.29) is 0 Å². The second-order valence-electron chi connectivity index (χ2n) is 2.40. The van der Waals surface area contributed by atoms with Crippen LogP contribution in [0.15, 0.2) is 0 Å². The number of hydrogen-bond donors (Lipinski definition) is 2. The molecule has 0 fully saturated rings. The van der Waals surface area contributed by atoms with E-state index in [4.69, 9.17) is 5.11 Å². The van der Waals surface area contributed by atoms with Gasteiger partial charge in [-0.2, -0.15) is 13.2 Å². The predicted octanol–water partition coefficient (Wildman–Crippen LogP) is 0.748. The number of aliphatic carboxylic acids is 1. The quantitative estimate of drug-likeness (QED) is 0.728. The standard InChI is InChI=1S/C6H8F3NO4/c1-3(4(11)12)10-5(13)14-2-6(7,8)9/h3H,2H2,1H3,(H,10,13)(H,11,12)/t3-/m1/s1. The van der Waals surface area contributed by atoms with Crippen LogP contribution in [0.4, 0.5) is 18.0 Å². The minimum Gasteiger partial charge on any atom is -0.480 e. The van der Waals surface area contributed by atoms with Crippen LogP contribution < -0.4 is 5.32 Å². The van der Waals surface area contributed by atoms with Gasteiger partial charge in [0.1, 0.15) is 6.04 Å². The Balaban J connectivity index is 3.83. The van der Waals surface area contributed by atoms with Crippen molar-refractivity contribution in [2.75, 3.05) is 6.61 Å². The molecule has 0 heterocycles. The summed E-state index contributed by atoms with van der Waals surface area (Å²) in [5.74, 6) is -1.37. The molecule has 14 heavy (non-hydrogen) atoms. The van der Waals surface area contributed by atoms with Crippen molar-refractivity contribution in [1.82, 2.24) is 5.32 Å². The lowest BCUT2D eigenvalue weighted by atomic mass is 10.4. The molecule has 0 bridgehead atoms. The molecule has 8 heteroatoms. The number of halogens is 3. The van der Waals surface area contributed by atoms with Gasteiger partial charge in [-0.05, 0) is 6.92 Å². The summed E-state index contributed by atoms with van der Waals surface area (Å²) in [6.07, 6.45) is -6.04. The Labute approximate surface area is 76.8 Å². The molecule has 0 aliphatic rings. The highest BCUT2D eigenvalue weighted by Crippen LogP contribution is 2.14. The van der Waals surface area contributed by atoms with Crippen molar-refractivity contribution >= 4 is 12.1 Å². The molecule has 0 aromatic rings. The predicted molar refractivity (Wildman–Crippen MR) is 37.6 cm³/mol. The molecule has 0 aromatic heterocycles. The lowest BCUT2D eigenvalue weighted by molar-refractivity contribution is -0.160. The summed E-state index contributed by atoms with van der Waals surface area (Å²) in [6, 6.07) is -1.30. The van der Waals surface area contributed by atoms with Crippen LogP contribution >= 0.6 is 0 Å². The van der Waals surface area contributed by atoms with Crippen LogP contribution in [0.1, 0.15) is 6.92 Å². The van der Waals surface area contributed by atoms with Gasteiger partial charge in [-0.3, -0.25) is 4.79 Å². The Kier molecular flexibility index (Phi) is 4.19. The number of alkyl halides is 3. The number of nitrogens with one attached hydrogen (secondary N) is 1.